The van der Waals surface area contributed by atoms with E-state index in [1.165, 1.54) is 24.1 Å². The molecule has 0 saturated heterocycles. The predicted octanol–water partition coefficient (Wildman–Crippen LogP) is 0.301. The van der Waals surface area contributed by atoms with E-state index in [1.807, 2.05) is 0 Å². The number of amides is 4. The van der Waals surface area contributed by atoms with Crippen molar-refractivity contribution in [2.24, 2.45) is 0 Å². The van der Waals surface area contributed by atoms with Crippen LogP contribution in [0.4, 0.5) is 11.4 Å². The molecule has 0 radical (unpaired) electrons. The number of aromatic nitrogens is 1. The topological polar surface area (TPSA) is 169 Å². The molecule has 0 spiro atoms. The molecule has 2 heterocycles. The van der Waals surface area contributed by atoms with Gasteiger partial charge in [-0.2, -0.15) is 0 Å². The van der Waals surface area contributed by atoms with Gasteiger partial charge in [-0.15, -0.1) is 0 Å². The number of aromatic amines is 1. The Labute approximate surface area is 223 Å². The Hall–Kier alpha value is -4.84. The van der Waals surface area contributed by atoms with Crippen LogP contribution in [0.1, 0.15) is 23.7 Å². The third kappa shape index (κ3) is 5.85. The maximum absolute atomic E-state index is 13.8. The molecular weight excluding hydrogens is 506 g/mol. The summed E-state index contributed by atoms with van der Waals surface area (Å²) in [5.41, 5.74) is 1.44. The van der Waals surface area contributed by atoms with Crippen LogP contribution < -0.4 is 20.4 Å². The number of ketones is 1. The molecule has 1 aromatic heterocycles. The van der Waals surface area contributed by atoms with Gasteiger partial charge in [0, 0.05) is 23.5 Å². The van der Waals surface area contributed by atoms with Gasteiger partial charge in [-0.1, -0.05) is 30.3 Å². The molecule has 0 fully saturated rings. The van der Waals surface area contributed by atoms with Gasteiger partial charge in [-0.25, -0.2) is 0 Å². The lowest BCUT2D eigenvalue weighted by Gasteiger charge is -2.25. The third-order valence-electron chi connectivity index (χ3n) is 6.29. The first kappa shape index (κ1) is 27.2. The fourth-order valence-electron chi connectivity index (χ4n) is 4.51. The van der Waals surface area contributed by atoms with E-state index in [1.54, 1.807) is 42.5 Å². The number of hydrogen-bond donors (Lipinski definition) is 4. The fraction of sp³-hybridized carbons (Fsp3) is 0.259. The molecule has 1 aliphatic heterocycles. The van der Waals surface area contributed by atoms with Gasteiger partial charge in [-0.3, -0.25) is 28.9 Å². The first-order chi connectivity index (χ1) is 18.7. The van der Waals surface area contributed by atoms with Gasteiger partial charge in [-0.05, 0) is 25.1 Å². The number of rotatable bonds is 9. The zero-order valence-corrected chi connectivity index (χ0v) is 21.0. The van der Waals surface area contributed by atoms with Crippen molar-refractivity contribution in [2.75, 3.05) is 29.5 Å². The number of anilines is 2. The molecule has 202 valence electrons. The molecule has 0 aliphatic carbocycles. The molecule has 1 aliphatic rings. The van der Waals surface area contributed by atoms with Gasteiger partial charge in [0.15, 0.2) is 0 Å². The number of aldehydes is 1. The summed E-state index contributed by atoms with van der Waals surface area (Å²) >= 11 is 0. The van der Waals surface area contributed by atoms with Crippen LogP contribution in [0.5, 0.6) is 0 Å². The van der Waals surface area contributed by atoms with Gasteiger partial charge in [0.25, 0.3) is 17.7 Å². The van der Waals surface area contributed by atoms with Crippen LogP contribution in [0.25, 0.3) is 10.9 Å². The van der Waals surface area contributed by atoms with Crippen molar-refractivity contribution in [1.82, 2.24) is 15.6 Å². The first-order valence-corrected chi connectivity index (χ1v) is 12.2. The number of aliphatic hydroxyl groups is 1. The predicted molar refractivity (Wildman–Crippen MR) is 141 cm³/mol. The highest BCUT2D eigenvalue weighted by Crippen LogP contribution is 2.33. The van der Waals surface area contributed by atoms with Crippen molar-refractivity contribution in [3.8, 4) is 0 Å². The minimum absolute atomic E-state index is 0.192. The molecule has 12 heteroatoms. The number of aliphatic hydroxyl groups excluding tert-OH is 1. The second-order valence-corrected chi connectivity index (χ2v) is 9.07. The average molecular weight is 534 g/mol. The van der Waals surface area contributed by atoms with E-state index in [0.717, 1.165) is 4.90 Å². The van der Waals surface area contributed by atoms with Crippen molar-refractivity contribution in [1.29, 1.82) is 0 Å². The normalized spacial score (nSPS) is 15.7. The lowest BCUT2D eigenvalue weighted by Crippen LogP contribution is -2.55. The SMILES string of the molecule is CC(=O)C[C@@H](C=O)NC(=O)CN1C(=O)[C@@H](NC(=O)c2c[nH]c3ccccc23)CN(C(=O)CO)c2ccccc21. The van der Waals surface area contributed by atoms with Crippen molar-refractivity contribution >= 4 is 58.0 Å². The number of H-pyrrole nitrogens is 1. The Kier molecular flexibility index (Phi) is 8.15. The van der Waals surface area contributed by atoms with E-state index in [2.05, 4.69) is 15.6 Å². The zero-order valence-electron chi connectivity index (χ0n) is 21.0. The minimum Gasteiger partial charge on any atom is -0.387 e. The average Bonchev–Trinajstić information content (AvgIpc) is 3.32. The van der Waals surface area contributed by atoms with Crippen LogP contribution in [0.15, 0.2) is 54.7 Å². The summed E-state index contributed by atoms with van der Waals surface area (Å²) in [6, 6.07) is 11.0. The van der Waals surface area contributed by atoms with E-state index in [4.69, 9.17) is 0 Å². The molecule has 2 atom stereocenters. The Balaban J connectivity index is 1.67. The second kappa shape index (κ2) is 11.7. The van der Waals surface area contributed by atoms with Crippen molar-refractivity contribution in [3.05, 3.63) is 60.3 Å². The van der Waals surface area contributed by atoms with Gasteiger partial charge in [0.1, 0.15) is 31.3 Å². The number of benzene rings is 2. The van der Waals surface area contributed by atoms with Crippen molar-refractivity contribution < 1.29 is 33.9 Å². The van der Waals surface area contributed by atoms with Crippen LogP contribution in [0.2, 0.25) is 0 Å². The number of Topliss-reactive ketones (excluding diaryl/α,β-unsaturated/α-hetero) is 1. The van der Waals surface area contributed by atoms with Gasteiger partial charge in [0.05, 0.1) is 29.5 Å². The molecule has 0 unspecified atom stereocenters. The van der Waals surface area contributed by atoms with Crippen LogP contribution >= 0.6 is 0 Å². The maximum Gasteiger partial charge on any atom is 0.254 e. The zero-order chi connectivity index (χ0) is 28.1. The number of carbonyl (C=O) groups excluding carboxylic acids is 6. The van der Waals surface area contributed by atoms with Crippen molar-refractivity contribution in [2.45, 2.75) is 25.4 Å². The Bertz CT molecular complexity index is 1450. The number of carbonyl (C=O) groups is 6. The highest BCUT2D eigenvalue weighted by molar-refractivity contribution is 6.13. The summed E-state index contributed by atoms with van der Waals surface area (Å²) in [6.07, 6.45) is 1.73. The van der Waals surface area contributed by atoms with Gasteiger partial charge in [0.2, 0.25) is 5.91 Å². The number of fused-ring (bicyclic) bond motifs is 2. The highest BCUT2D eigenvalue weighted by Gasteiger charge is 2.38. The molecular formula is C27H27N5O7. The standard InChI is InChI=1S/C27H27N5O7/c1-16(35)10-17(14-33)29-24(36)13-32-23-9-5-4-8-22(23)31(25(37)15-34)12-21(27(32)39)30-26(38)19-11-28-20-7-3-2-6-18(19)20/h2-9,11,14,17,21,28,34H,10,12-13,15H2,1H3,(H,29,36)(H,30,38)/t17-,21-/m0/s1. The molecule has 0 saturated carbocycles. The molecule has 2 aromatic carbocycles. The van der Waals surface area contributed by atoms with E-state index >= 15 is 0 Å². The minimum atomic E-state index is -1.29. The summed E-state index contributed by atoms with van der Waals surface area (Å²) < 4.78 is 0. The van der Waals surface area contributed by atoms with E-state index in [0.29, 0.717) is 17.2 Å². The summed E-state index contributed by atoms with van der Waals surface area (Å²) in [6.45, 7) is -0.426. The quantitative estimate of drug-likeness (QED) is 0.287. The smallest absolute Gasteiger partial charge is 0.254 e. The number of hydrogen-bond acceptors (Lipinski definition) is 7. The van der Waals surface area contributed by atoms with Crippen molar-refractivity contribution in [3.63, 3.8) is 0 Å². The highest BCUT2D eigenvalue weighted by atomic mass is 16.3. The van der Waals surface area contributed by atoms with Crippen LogP contribution in [-0.2, 0) is 24.0 Å². The summed E-state index contributed by atoms with van der Waals surface area (Å²) in [4.78, 5) is 80.7. The van der Waals surface area contributed by atoms with E-state index in [9.17, 15) is 33.9 Å². The lowest BCUT2D eigenvalue weighted by molar-refractivity contribution is -0.127. The van der Waals surface area contributed by atoms with Gasteiger partial charge < -0.3 is 30.4 Å². The number of nitrogens with one attached hydrogen (secondary N) is 3. The first-order valence-electron chi connectivity index (χ1n) is 12.2. The summed E-state index contributed by atoms with van der Waals surface area (Å²) in [7, 11) is 0. The molecule has 4 N–H and O–H groups in total. The third-order valence-corrected chi connectivity index (χ3v) is 6.29. The lowest BCUT2D eigenvalue weighted by atomic mass is 10.1. The Morgan fingerprint density at radius 2 is 1.79 bits per heavy atom. The Morgan fingerprint density at radius 3 is 2.49 bits per heavy atom. The summed E-state index contributed by atoms with van der Waals surface area (Å²) in [5.74, 6) is -3.01. The Morgan fingerprint density at radius 1 is 1.10 bits per heavy atom. The van der Waals surface area contributed by atoms with Crippen LogP contribution in [0.3, 0.4) is 0 Å². The number of para-hydroxylation sites is 3. The van der Waals surface area contributed by atoms with E-state index < -0.39 is 48.9 Å². The fourth-order valence-corrected chi connectivity index (χ4v) is 4.51. The van der Waals surface area contributed by atoms with Crippen LogP contribution in [0, 0.1) is 0 Å². The molecule has 0 bridgehead atoms. The molecule has 3 aromatic rings. The molecule has 4 amide bonds. The monoisotopic (exact) mass is 533 g/mol. The molecule has 4 rings (SSSR count). The largest absolute Gasteiger partial charge is 0.387 e. The molecule has 39 heavy (non-hydrogen) atoms. The molecule has 12 nitrogen and oxygen atoms in total. The van der Waals surface area contributed by atoms with Crippen LogP contribution in [-0.4, -0.2) is 77.6 Å². The maximum atomic E-state index is 13.8. The number of nitrogens with zero attached hydrogens (tertiary/aromatic N) is 2. The second-order valence-electron chi connectivity index (χ2n) is 9.07. The van der Waals surface area contributed by atoms with Gasteiger partial charge >= 0.3 is 0 Å². The summed E-state index contributed by atoms with van der Waals surface area (Å²) in [5, 5.41) is 15.3. The van der Waals surface area contributed by atoms with E-state index in [-0.39, 0.29) is 35.7 Å².